The zero-order chi connectivity index (χ0) is 7.40. The molecule has 0 radical (unpaired) electrons. The molecule has 0 bridgehead atoms. The highest BCUT2D eigenvalue weighted by Gasteiger charge is 2.04. The van der Waals surface area contributed by atoms with Gasteiger partial charge in [-0.2, -0.15) is 0 Å². The zero-order valence-corrected chi connectivity index (χ0v) is 6.82. The number of rotatable bonds is 2. The van der Waals surface area contributed by atoms with E-state index in [4.69, 9.17) is 0 Å². The summed E-state index contributed by atoms with van der Waals surface area (Å²) in [6.45, 7) is 0. The van der Waals surface area contributed by atoms with Gasteiger partial charge in [-0.15, -0.1) is 0 Å². The summed E-state index contributed by atoms with van der Waals surface area (Å²) in [4.78, 5) is 7.72. The van der Waals surface area contributed by atoms with E-state index in [1.54, 1.807) is 18.6 Å². The lowest BCUT2D eigenvalue weighted by Gasteiger charge is -2.02. The average Bonchev–Trinajstić information content (AvgIpc) is 2.05. The van der Waals surface area contributed by atoms with E-state index in [1.165, 1.54) is 0 Å². The van der Waals surface area contributed by atoms with Crippen LogP contribution in [0.2, 0.25) is 0 Å². The van der Waals surface area contributed by atoms with Crippen molar-refractivity contribution in [3.8, 4) is 0 Å². The van der Waals surface area contributed by atoms with E-state index in [-0.39, 0.29) is 0 Å². The summed E-state index contributed by atoms with van der Waals surface area (Å²) in [5.74, 6) is 0. The van der Waals surface area contributed by atoms with E-state index >= 15 is 0 Å². The Kier molecular flexibility index (Phi) is 2.77. The molecular formula is C6H7BrN2O. The van der Waals surface area contributed by atoms with Crippen LogP contribution in [0.5, 0.6) is 0 Å². The lowest BCUT2D eigenvalue weighted by atomic mass is 10.3. The third kappa shape index (κ3) is 1.75. The molecule has 0 spiro atoms. The number of aromatic nitrogens is 2. The van der Waals surface area contributed by atoms with Crippen molar-refractivity contribution >= 4 is 15.9 Å². The average molecular weight is 203 g/mol. The maximum absolute atomic E-state index is 9.18. The highest BCUT2D eigenvalue weighted by molar-refractivity contribution is 9.09. The van der Waals surface area contributed by atoms with Gasteiger partial charge in [0.15, 0.2) is 0 Å². The number of aliphatic hydroxyl groups is 1. The van der Waals surface area contributed by atoms with Crippen LogP contribution in [0, 0.1) is 0 Å². The summed E-state index contributed by atoms with van der Waals surface area (Å²) < 4.78 is 0. The van der Waals surface area contributed by atoms with E-state index in [9.17, 15) is 5.11 Å². The van der Waals surface area contributed by atoms with Crippen LogP contribution in [-0.4, -0.2) is 20.4 Å². The van der Waals surface area contributed by atoms with Gasteiger partial charge in [-0.1, -0.05) is 15.9 Å². The molecular weight excluding hydrogens is 196 g/mol. The van der Waals surface area contributed by atoms with Crippen molar-refractivity contribution in [1.29, 1.82) is 0 Å². The molecule has 0 fully saturated rings. The predicted molar refractivity (Wildman–Crippen MR) is 40.8 cm³/mol. The Morgan fingerprint density at radius 3 is 2.90 bits per heavy atom. The van der Waals surface area contributed by atoms with Crippen molar-refractivity contribution < 1.29 is 5.11 Å². The molecule has 0 amide bonds. The smallest absolute Gasteiger partial charge is 0.107 e. The minimum atomic E-state index is -0.548. The van der Waals surface area contributed by atoms with Crippen LogP contribution in [0.3, 0.4) is 0 Å². The molecule has 0 aliphatic carbocycles. The summed E-state index contributed by atoms with van der Waals surface area (Å²) in [6.07, 6.45) is 4.13. The summed E-state index contributed by atoms with van der Waals surface area (Å²) >= 11 is 3.13. The molecule has 1 rings (SSSR count). The Labute approximate surface area is 67.3 Å². The maximum Gasteiger partial charge on any atom is 0.107 e. The van der Waals surface area contributed by atoms with Crippen LogP contribution in [0.15, 0.2) is 18.6 Å². The highest BCUT2D eigenvalue weighted by Crippen LogP contribution is 2.09. The molecule has 0 aliphatic heterocycles. The second-order valence-electron chi connectivity index (χ2n) is 1.80. The van der Waals surface area contributed by atoms with Crippen molar-refractivity contribution in [3.05, 3.63) is 24.3 Å². The summed E-state index contributed by atoms with van der Waals surface area (Å²) in [7, 11) is 0. The van der Waals surface area contributed by atoms with Gasteiger partial charge in [0.1, 0.15) is 6.10 Å². The van der Waals surface area contributed by atoms with Crippen molar-refractivity contribution in [2.24, 2.45) is 0 Å². The third-order valence-corrected chi connectivity index (χ3v) is 1.68. The Balaban J connectivity index is 2.75. The first kappa shape index (κ1) is 7.63. The topological polar surface area (TPSA) is 46.0 Å². The van der Waals surface area contributed by atoms with Gasteiger partial charge in [-0.25, -0.2) is 0 Å². The number of halogens is 1. The molecule has 1 aromatic rings. The highest BCUT2D eigenvalue weighted by atomic mass is 79.9. The van der Waals surface area contributed by atoms with Crippen LogP contribution < -0.4 is 0 Å². The van der Waals surface area contributed by atoms with Crippen LogP contribution >= 0.6 is 15.9 Å². The van der Waals surface area contributed by atoms with Gasteiger partial charge in [0.05, 0.1) is 11.9 Å². The van der Waals surface area contributed by atoms with Gasteiger partial charge < -0.3 is 5.11 Å². The molecule has 10 heavy (non-hydrogen) atoms. The largest absolute Gasteiger partial charge is 0.386 e. The standard InChI is InChI=1S/C6H7BrN2O/c7-3-6(10)5-4-8-1-2-9-5/h1-2,4,6,10H,3H2/t6-/m1/s1. The van der Waals surface area contributed by atoms with Crippen LogP contribution in [-0.2, 0) is 0 Å². The Morgan fingerprint density at radius 1 is 1.60 bits per heavy atom. The van der Waals surface area contributed by atoms with E-state index in [0.717, 1.165) is 0 Å². The molecule has 4 heteroatoms. The molecule has 54 valence electrons. The van der Waals surface area contributed by atoms with E-state index in [0.29, 0.717) is 11.0 Å². The zero-order valence-electron chi connectivity index (χ0n) is 5.24. The van der Waals surface area contributed by atoms with E-state index in [1.807, 2.05) is 0 Å². The summed E-state index contributed by atoms with van der Waals surface area (Å²) in [5.41, 5.74) is 0.597. The number of alkyl halides is 1. The summed E-state index contributed by atoms with van der Waals surface area (Å²) in [5, 5.41) is 9.67. The Morgan fingerprint density at radius 2 is 2.40 bits per heavy atom. The predicted octanol–water partition coefficient (Wildman–Crippen LogP) is 0.905. The second-order valence-corrected chi connectivity index (χ2v) is 2.45. The maximum atomic E-state index is 9.18. The summed E-state index contributed by atoms with van der Waals surface area (Å²) in [6, 6.07) is 0. The molecule has 0 saturated heterocycles. The molecule has 0 saturated carbocycles. The lowest BCUT2D eigenvalue weighted by molar-refractivity contribution is 0.200. The first-order chi connectivity index (χ1) is 4.84. The van der Waals surface area contributed by atoms with Gasteiger partial charge in [-0.05, 0) is 0 Å². The molecule has 1 atom stereocenters. The SMILES string of the molecule is O[C@H](CBr)c1cnccn1. The van der Waals surface area contributed by atoms with Crippen molar-refractivity contribution in [2.75, 3.05) is 5.33 Å². The van der Waals surface area contributed by atoms with Crippen LogP contribution in [0.25, 0.3) is 0 Å². The molecule has 1 heterocycles. The molecule has 0 unspecified atom stereocenters. The molecule has 0 aliphatic rings. The fourth-order valence-corrected chi connectivity index (χ4v) is 0.893. The second kappa shape index (κ2) is 3.63. The fraction of sp³-hybridized carbons (Fsp3) is 0.333. The molecule has 1 N–H and O–H groups in total. The third-order valence-electron chi connectivity index (χ3n) is 1.07. The van der Waals surface area contributed by atoms with Gasteiger partial charge >= 0.3 is 0 Å². The van der Waals surface area contributed by atoms with Gasteiger partial charge in [0.2, 0.25) is 0 Å². The van der Waals surface area contributed by atoms with Crippen molar-refractivity contribution in [2.45, 2.75) is 6.10 Å². The van der Waals surface area contributed by atoms with Crippen LogP contribution in [0.4, 0.5) is 0 Å². The number of hydrogen-bond acceptors (Lipinski definition) is 3. The monoisotopic (exact) mass is 202 g/mol. The molecule has 1 aromatic heterocycles. The van der Waals surface area contributed by atoms with E-state index in [2.05, 4.69) is 25.9 Å². The number of nitrogens with zero attached hydrogens (tertiary/aromatic N) is 2. The van der Waals surface area contributed by atoms with Gasteiger partial charge in [0, 0.05) is 17.7 Å². The number of hydrogen-bond donors (Lipinski definition) is 1. The normalized spacial score (nSPS) is 13.0. The Hall–Kier alpha value is -0.480. The van der Waals surface area contributed by atoms with E-state index < -0.39 is 6.10 Å². The molecule has 0 aromatic carbocycles. The van der Waals surface area contributed by atoms with Gasteiger partial charge in [-0.3, -0.25) is 9.97 Å². The molecule has 3 nitrogen and oxygen atoms in total. The minimum absolute atomic E-state index is 0.492. The first-order valence-corrected chi connectivity index (χ1v) is 3.96. The van der Waals surface area contributed by atoms with Crippen LogP contribution in [0.1, 0.15) is 11.8 Å². The quantitative estimate of drug-likeness (QED) is 0.726. The van der Waals surface area contributed by atoms with Gasteiger partial charge in [0.25, 0.3) is 0 Å². The Bertz CT molecular complexity index is 192. The van der Waals surface area contributed by atoms with Crippen molar-refractivity contribution in [3.63, 3.8) is 0 Å². The lowest BCUT2D eigenvalue weighted by Crippen LogP contribution is -2.00. The number of aliphatic hydroxyl groups excluding tert-OH is 1. The first-order valence-electron chi connectivity index (χ1n) is 2.84. The fourth-order valence-electron chi connectivity index (χ4n) is 0.562. The van der Waals surface area contributed by atoms with Crippen molar-refractivity contribution in [1.82, 2.24) is 9.97 Å². The minimum Gasteiger partial charge on any atom is -0.386 e.